The van der Waals surface area contributed by atoms with Crippen molar-refractivity contribution in [3.63, 3.8) is 0 Å². The van der Waals surface area contributed by atoms with Gasteiger partial charge in [-0.2, -0.15) is 0 Å². The lowest BCUT2D eigenvalue weighted by molar-refractivity contribution is 0.0945. The first-order chi connectivity index (χ1) is 9.49. The predicted octanol–water partition coefficient (Wildman–Crippen LogP) is 1.62. The molecule has 2 N–H and O–H groups in total. The quantitative estimate of drug-likeness (QED) is 0.840. The third-order valence-corrected chi connectivity index (χ3v) is 3.93. The van der Waals surface area contributed by atoms with E-state index >= 15 is 0 Å². The summed E-state index contributed by atoms with van der Waals surface area (Å²) >= 11 is 0. The Bertz CT molecular complexity index is 695. The molecule has 2 aromatic rings. The van der Waals surface area contributed by atoms with Crippen LogP contribution in [0, 0.1) is 6.92 Å². The fourth-order valence-corrected chi connectivity index (χ4v) is 2.41. The first-order valence-corrected chi connectivity index (χ1v) is 7.41. The molecule has 20 heavy (non-hydrogen) atoms. The van der Waals surface area contributed by atoms with Crippen molar-refractivity contribution in [2.24, 2.45) is 0 Å². The molecule has 1 amide bonds. The van der Waals surface area contributed by atoms with Gasteiger partial charge >= 0.3 is 0 Å². The van der Waals surface area contributed by atoms with Crippen LogP contribution in [-0.4, -0.2) is 14.3 Å². The van der Waals surface area contributed by atoms with Gasteiger partial charge in [0.2, 0.25) is 0 Å². The number of hydrogen-bond acceptors (Lipinski definition) is 3. The molecule has 0 atom stereocenters. The van der Waals surface area contributed by atoms with Crippen LogP contribution >= 0.6 is 0 Å². The Kier molecular flexibility index (Phi) is 4.16. The van der Waals surface area contributed by atoms with Gasteiger partial charge < -0.3 is 0 Å². The van der Waals surface area contributed by atoms with Crippen molar-refractivity contribution in [2.45, 2.75) is 11.8 Å². The first-order valence-electron chi connectivity index (χ1n) is 5.93. The lowest BCUT2D eigenvalue weighted by Crippen LogP contribution is -2.41. The largest absolute Gasteiger partial charge is 0.273 e. The fourth-order valence-electron chi connectivity index (χ4n) is 1.55. The molecular weight excluding hydrogens is 276 g/mol. The molecule has 2 rings (SSSR count). The molecule has 0 heterocycles. The summed E-state index contributed by atoms with van der Waals surface area (Å²) < 4.78 is 23.8. The average molecular weight is 290 g/mol. The van der Waals surface area contributed by atoms with Crippen LogP contribution in [0.5, 0.6) is 0 Å². The minimum atomic E-state index is -3.75. The summed E-state index contributed by atoms with van der Waals surface area (Å²) in [6.07, 6.45) is 0. The van der Waals surface area contributed by atoms with E-state index < -0.39 is 15.9 Å². The van der Waals surface area contributed by atoms with Crippen molar-refractivity contribution >= 4 is 15.9 Å². The zero-order valence-corrected chi connectivity index (χ0v) is 11.6. The van der Waals surface area contributed by atoms with E-state index in [1.807, 2.05) is 6.92 Å². The fraction of sp³-hybridized carbons (Fsp3) is 0.0714. The summed E-state index contributed by atoms with van der Waals surface area (Å²) in [5, 5.41) is 0. The number of hydrogen-bond donors (Lipinski definition) is 2. The maximum Gasteiger partial charge on any atom is 0.266 e. The summed E-state index contributed by atoms with van der Waals surface area (Å²) in [5.74, 6) is -0.510. The van der Waals surface area contributed by atoms with Gasteiger partial charge in [0, 0.05) is 5.56 Å². The van der Waals surface area contributed by atoms with Crippen LogP contribution in [0.15, 0.2) is 59.5 Å². The van der Waals surface area contributed by atoms with E-state index in [-0.39, 0.29) is 4.90 Å². The number of amides is 1. The molecular formula is C14H14N2O3S. The number of hydrazine groups is 1. The molecule has 2 aromatic carbocycles. The van der Waals surface area contributed by atoms with Crippen LogP contribution in [0.4, 0.5) is 0 Å². The number of aryl methyl sites for hydroxylation is 1. The molecule has 0 radical (unpaired) electrons. The third-order valence-electron chi connectivity index (χ3n) is 2.67. The van der Waals surface area contributed by atoms with Gasteiger partial charge in [0.15, 0.2) is 0 Å². The van der Waals surface area contributed by atoms with Gasteiger partial charge in [-0.15, -0.1) is 4.83 Å². The third kappa shape index (κ3) is 3.43. The van der Waals surface area contributed by atoms with Crippen molar-refractivity contribution in [3.8, 4) is 0 Å². The Hall–Kier alpha value is -2.18. The molecule has 0 aromatic heterocycles. The zero-order chi connectivity index (χ0) is 14.6. The summed E-state index contributed by atoms with van der Waals surface area (Å²) in [6, 6.07) is 14.6. The molecule has 104 valence electrons. The SMILES string of the molecule is Cc1ccc(C(=O)NNS(=O)(=O)c2ccccc2)cc1. The van der Waals surface area contributed by atoms with E-state index in [2.05, 4.69) is 10.3 Å². The molecule has 6 heteroatoms. The van der Waals surface area contributed by atoms with Crippen LogP contribution in [0.2, 0.25) is 0 Å². The van der Waals surface area contributed by atoms with Crippen molar-refractivity contribution < 1.29 is 13.2 Å². The van der Waals surface area contributed by atoms with Crippen LogP contribution in [-0.2, 0) is 10.0 Å². The highest BCUT2D eigenvalue weighted by Crippen LogP contribution is 2.06. The van der Waals surface area contributed by atoms with Crippen molar-refractivity contribution in [1.82, 2.24) is 10.3 Å². The van der Waals surface area contributed by atoms with Crippen LogP contribution in [0.3, 0.4) is 0 Å². The number of carbonyl (C=O) groups is 1. The van der Waals surface area contributed by atoms with Gasteiger partial charge in [0.05, 0.1) is 4.90 Å². The van der Waals surface area contributed by atoms with E-state index in [4.69, 9.17) is 0 Å². The Balaban J connectivity index is 2.05. The smallest absolute Gasteiger partial charge is 0.266 e. The molecule has 0 unspecified atom stereocenters. The van der Waals surface area contributed by atoms with Crippen molar-refractivity contribution in [2.75, 3.05) is 0 Å². The summed E-state index contributed by atoms with van der Waals surface area (Å²) in [6.45, 7) is 1.90. The van der Waals surface area contributed by atoms with Crippen LogP contribution in [0.25, 0.3) is 0 Å². The second-order valence-electron chi connectivity index (χ2n) is 4.24. The Morgan fingerprint density at radius 1 is 0.950 bits per heavy atom. The molecule has 0 saturated heterocycles. The van der Waals surface area contributed by atoms with E-state index in [0.29, 0.717) is 5.56 Å². The van der Waals surface area contributed by atoms with Gasteiger partial charge in [0.1, 0.15) is 0 Å². The van der Waals surface area contributed by atoms with Gasteiger partial charge in [-0.1, -0.05) is 35.9 Å². The maximum atomic E-state index is 11.9. The zero-order valence-electron chi connectivity index (χ0n) is 10.8. The molecule has 5 nitrogen and oxygen atoms in total. The standard InChI is InChI=1S/C14H14N2O3S/c1-11-7-9-12(10-8-11)14(17)15-16-20(18,19)13-5-3-2-4-6-13/h2-10,16H,1H3,(H,15,17). The van der Waals surface area contributed by atoms with Crippen LogP contribution < -0.4 is 10.3 Å². The summed E-state index contributed by atoms with van der Waals surface area (Å²) in [7, 11) is -3.75. The van der Waals surface area contributed by atoms with Gasteiger partial charge in [0.25, 0.3) is 15.9 Å². The number of rotatable bonds is 4. The highest BCUT2D eigenvalue weighted by atomic mass is 32.2. The summed E-state index contributed by atoms with van der Waals surface area (Å²) in [5.41, 5.74) is 3.58. The molecule has 0 bridgehead atoms. The number of benzene rings is 2. The van der Waals surface area contributed by atoms with Crippen molar-refractivity contribution in [3.05, 3.63) is 65.7 Å². The molecule has 0 fully saturated rings. The molecule has 0 aliphatic rings. The normalized spacial score (nSPS) is 11.1. The predicted molar refractivity (Wildman–Crippen MR) is 75.4 cm³/mol. The Morgan fingerprint density at radius 3 is 2.15 bits per heavy atom. The van der Waals surface area contributed by atoms with Crippen LogP contribution in [0.1, 0.15) is 15.9 Å². The van der Waals surface area contributed by atoms with E-state index in [1.54, 1.807) is 42.5 Å². The lowest BCUT2D eigenvalue weighted by atomic mass is 10.1. The van der Waals surface area contributed by atoms with E-state index in [9.17, 15) is 13.2 Å². The Morgan fingerprint density at radius 2 is 1.55 bits per heavy atom. The minimum Gasteiger partial charge on any atom is -0.273 e. The van der Waals surface area contributed by atoms with E-state index in [1.165, 1.54) is 12.1 Å². The van der Waals surface area contributed by atoms with Gasteiger partial charge in [-0.3, -0.25) is 10.2 Å². The van der Waals surface area contributed by atoms with E-state index in [0.717, 1.165) is 5.56 Å². The lowest BCUT2D eigenvalue weighted by Gasteiger charge is -2.08. The molecule has 0 aliphatic carbocycles. The number of carbonyl (C=O) groups excluding carboxylic acids is 1. The second kappa shape index (κ2) is 5.85. The van der Waals surface area contributed by atoms with Crippen molar-refractivity contribution in [1.29, 1.82) is 0 Å². The molecule has 0 aliphatic heterocycles. The highest BCUT2D eigenvalue weighted by molar-refractivity contribution is 7.89. The van der Waals surface area contributed by atoms with Gasteiger partial charge in [-0.05, 0) is 31.2 Å². The highest BCUT2D eigenvalue weighted by Gasteiger charge is 2.14. The van der Waals surface area contributed by atoms with Gasteiger partial charge in [-0.25, -0.2) is 8.42 Å². The average Bonchev–Trinajstić information content (AvgIpc) is 2.46. The monoisotopic (exact) mass is 290 g/mol. The minimum absolute atomic E-state index is 0.0872. The Labute approximate surface area is 117 Å². The number of sulfonamides is 1. The topological polar surface area (TPSA) is 75.3 Å². The number of nitrogens with one attached hydrogen (secondary N) is 2. The molecule has 0 spiro atoms. The molecule has 0 saturated carbocycles. The first kappa shape index (κ1) is 14.2. The maximum absolute atomic E-state index is 11.9. The second-order valence-corrected chi connectivity index (χ2v) is 5.92. The summed E-state index contributed by atoms with van der Waals surface area (Å²) in [4.78, 5) is 13.9.